The zero-order chi connectivity index (χ0) is 16.1. The molecule has 0 bridgehead atoms. The third-order valence-electron chi connectivity index (χ3n) is 3.64. The largest absolute Gasteiger partial charge is 0.383 e. The second-order valence-electron chi connectivity index (χ2n) is 5.68. The molecule has 3 rings (SSSR count). The van der Waals surface area contributed by atoms with Crippen LogP contribution in [-0.2, 0) is 9.84 Å². The number of anilines is 2. The monoisotopic (exact) mass is 322 g/mol. The van der Waals surface area contributed by atoms with E-state index in [0.717, 1.165) is 12.8 Å². The summed E-state index contributed by atoms with van der Waals surface area (Å²) in [4.78, 5) is 7.81. The number of nitrogens with zero attached hydrogens (tertiary/aromatic N) is 4. The summed E-state index contributed by atoms with van der Waals surface area (Å²) in [5, 5.41) is 3.74. The molecule has 2 aromatic heterocycles. The van der Waals surface area contributed by atoms with Crippen molar-refractivity contribution in [1.29, 1.82) is 0 Å². The van der Waals surface area contributed by atoms with Gasteiger partial charge >= 0.3 is 0 Å². The van der Waals surface area contributed by atoms with Crippen molar-refractivity contribution in [2.75, 3.05) is 11.5 Å². The number of nitrogens with two attached hydrogens (primary N) is 2. The maximum Gasteiger partial charge on any atom is 0.221 e. The topological polar surface area (TPSA) is 130 Å². The Hall–Kier alpha value is -2.16. The summed E-state index contributed by atoms with van der Waals surface area (Å²) in [5.41, 5.74) is 12.2. The number of aromatic nitrogens is 4. The van der Waals surface area contributed by atoms with Gasteiger partial charge in [0, 0.05) is 23.5 Å². The molecule has 4 N–H and O–H groups in total. The van der Waals surface area contributed by atoms with Crippen molar-refractivity contribution in [2.45, 2.75) is 43.0 Å². The van der Waals surface area contributed by atoms with Gasteiger partial charge in [-0.2, -0.15) is 10.1 Å². The lowest BCUT2D eigenvalue weighted by Crippen LogP contribution is -2.16. The molecule has 1 saturated carbocycles. The molecule has 9 heteroatoms. The molecule has 0 amide bonds. The van der Waals surface area contributed by atoms with Crippen LogP contribution in [0, 0.1) is 0 Å². The lowest BCUT2D eigenvalue weighted by molar-refractivity contribution is 0.571. The van der Waals surface area contributed by atoms with E-state index in [1.807, 2.05) is 0 Å². The van der Waals surface area contributed by atoms with E-state index in [1.54, 1.807) is 24.7 Å². The zero-order valence-corrected chi connectivity index (χ0v) is 13.2. The molecule has 2 heterocycles. The number of hydrogen-bond donors (Lipinski definition) is 2. The first kappa shape index (κ1) is 14.8. The summed E-state index contributed by atoms with van der Waals surface area (Å²) in [7, 11) is -3.54. The first-order valence-electron chi connectivity index (χ1n) is 7.02. The Kier molecular flexibility index (Phi) is 3.32. The van der Waals surface area contributed by atoms with Crippen LogP contribution in [0.4, 0.5) is 11.8 Å². The van der Waals surface area contributed by atoms with Crippen molar-refractivity contribution < 1.29 is 8.42 Å². The molecule has 0 radical (unpaired) electrons. The van der Waals surface area contributed by atoms with Crippen LogP contribution in [0.3, 0.4) is 0 Å². The van der Waals surface area contributed by atoms with Gasteiger partial charge in [0.15, 0.2) is 14.9 Å². The second-order valence-corrected chi connectivity index (χ2v) is 8.10. The Morgan fingerprint density at radius 3 is 2.50 bits per heavy atom. The fourth-order valence-electron chi connectivity index (χ4n) is 2.14. The van der Waals surface area contributed by atoms with Gasteiger partial charge in [-0.25, -0.2) is 13.4 Å². The van der Waals surface area contributed by atoms with E-state index in [2.05, 4.69) is 15.1 Å². The number of nitrogen functional groups attached to an aromatic ring is 2. The molecule has 0 spiro atoms. The predicted octanol–water partition coefficient (Wildman–Crippen LogP) is 1.02. The summed E-state index contributed by atoms with van der Waals surface area (Å²) in [6.45, 7) is 3.25. The van der Waals surface area contributed by atoms with Gasteiger partial charge in [-0.1, -0.05) is 0 Å². The highest BCUT2D eigenvalue weighted by Crippen LogP contribution is 2.38. The van der Waals surface area contributed by atoms with Gasteiger partial charge in [0.1, 0.15) is 5.82 Å². The van der Waals surface area contributed by atoms with Gasteiger partial charge in [-0.05, 0) is 26.7 Å². The number of rotatable bonds is 4. The third-order valence-corrected chi connectivity index (χ3v) is 5.72. The molecule has 1 fully saturated rings. The van der Waals surface area contributed by atoms with Gasteiger partial charge in [-0.15, -0.1) is 0 Å². The zero-order valence-electron chi connectivity index (χ0n) is 12.4. The number of hydrogen-bond acceptors (Lipinski definition) is 7. The number of sulfone groups is 1. The van der Waals surface area contributed by atoms with Crippen LogP contribution in [0.2, 0.25) is 0 Å². The fourth-order valence-corrected chi connectivity index (χ4v) is 3.26. The van der Waals surface area contributed by atoms with Gasteiger partial charge in [0.05, 0.1) is 11.3 Å². The van der Waals surface area contributed by atoms with Crippen LogP contribution < -0.4 is 11.5 Å². The van der Waals surface area contributed by atoms with Gasteiger partial charge in [0.25, 0.3) is 0 Å². The molecular formula is C13H18N6O2S. The maximum atomic E-state index is 12.6. The quantitative estimate of drug-likeness (QED) is 0.859. The van der Waals surface area contributed by atoms with Crippen molar-refractivity contribution in [2.24, 2.45) is 0 Å². The summed E-state index contributed by atoms with van der Waals surface area (Å²) >= 11 is 0. The van der Waals surface area contributed by atoms with E-state index in [1.165, 1.54) is 6.20 Å². The van der Waals surface area contributed by atoms with E-state index < -0.39 is 15.1 Å². The van der Waals surface area contributed by atoms with Crippen molar-refractivity contribution in [3.63, 3.8) is 0 Å². The smallest absolute Gasteiger partial charge is 0.221 e. The molecule has 1 aliphatic rings. The van der Waals surface area contributed by atoms with Crippen LogP contribution in [0.15, 0.2) is 17.4 Å². The molecule has 1 aliphatic carbocycles. The Morgan fingerprint density at radius 1 is 1.27 bits per heavy atom. The average Bonchev–Trinajstić information content (AvgIpc) is 3.18. The van der Waals surface area contributed by atoms with E-state index in [9.17, 15) is 8.42 Å². The first-order chi connectivity index (χ1) is 10.3. The second kappa shape index (κ2) is 4.94. The molecule has 0 aromatic carbocycles. The molecule has 22 heavy (non-hydrogen) atoms. The van der Waals surface area contributed by atoms with Crippen LogP contribution in [0.25, 0.3) is 11.1 Å². The van der Waals surface area contributed by atoms with E-state index >= 15 is 0 Å². The average molecular weight is 322 g/mol. The SMILES string of the molecule is CC(C)S(=O)(=O)c1nn(C2CC2)cc1-c1cnc(N)nc1N. The maximum absolute atomic E-state index is 12.6. The lowest BCUT2D eigenvalue weighted by atomic mass is 10.2. The summed E-state index contributed by atoms with van der Waals surface area (Å²) in [5.74, 6) is 0.187. The molecule has 0 atom stereocenters. The van der Waals surface area contributed by atoms with Gasteiger partial charge in [0.2, 0.25) is 5.95 Å². The van der Waals surface area contributed by atoms with Crippen molar-refractivity contribution in [3.05, 3.63) is 12.4 Å². The Bertz CT molecular complexity index is 823. The molecule has 118 valence electrons. The lowest BCUT2D eigenvalue weighted by Gasteiger charge is -2.08. The fraction of sp³-hybridized carbons (Fsp3) is 0.462. The summed E-state index contributed by atoms with van der Waals surface area (Å²) < 4.78 is 26.9. The highest BCUT2D eigenvalue weighted by molar-refractivity contribution is 7.92. The standard InChI is InChI=1S/C13H18N6O2S/c1-7(2)22(20,21)12-10(6-19(18-12)8-3-4-8)9-5-16-13(15)17-11(9)14/h5-8H,3-4H2,1-2H3,(H4,14,15,16,17). The molecule has 2 aromatic rings. The van der Waals surface area contributed by atoms with E-state index in [4.69, 9.17) is 11.5 Å². The van der Waals surface area contributed by atoms with Gasteiger partial charge in [-0.3, -0.25) is 4.68 Å². The van der Waals surface area contributed by atoms with Crippen LogP contribution in [0.1, 0.15) is 32.7 Å². The van der Waals surface area contributed by atoms with Crippen LogP contribution in [0.5, 0.6) is 0 Å². The highest BCUT2D eigenvalue weighted by atomic mass is 32.2. The predicted molar refractivity (Wildman–Crippen MR) is 82.7 cm³/mol. The van der Waals surface area contributed by atoms with Crippen molar-refractivity contribution in [1.82, 2.24) is 19.7 Å². The van der Waals surface area contributed by atoms with Crippen molar-refractivity contribution in [3.8, 4) is 11.1 Å². The Morgan fingerprint density at radius 2 is 1.95 bits per heavy atom. The third kappa shape index (κ3) is 2.41. The Balaban J connectivity index is 2.21. The molecular weight excluding hydrogens is 304 g/mol. The van der Waals surface area contributed by atoms with Gasteiger partial charge < -0.3 is 11.5 Å². The van der Waals surface area contributed by atoms with E-state index in [-0.39, 0.29) is 22.8 Å². The molecule has 0 saturated heterocycles. The molecule has 0 unspecified atom stereocenters. The molecule has 8 nitrogen and oxygen atoms in total. The highest BCUT2D eigenvalue weighted by Gasteiger charge is 2.32. The van der Waals surface area contributed by atoms with E-state index in [0.29, 0.717) is 11.1 Å². The van der Waals surface area contributed by atoms with Crippen LogP contribution >= 0.6 is 0 Å². The minimum absolute atomic E-state index is 0.0227. The molecule has 0 aliphatic heterocycles. The minimum atomic E-state index is -3.54. The van der Waals surface area contributed by atoms with Crippen LogP contribution in [-0.4, -0.2) is 33.4 Å². The normalized spacial score (nSPS) is 15.4. The minimum Gasteiger partial charge on any atom is -0.383 e. The summed E-state index contributed by atoms with van der Waals surface area (Å²) in [6.07, 6.45) is 5.13. The van der Waals surface area contributed by atoms with Crippen molar-refractivity contribution >= 4 is 21.6 Å². The Labute approximate surface area is 128 Å². The first-order valence-corrected chi connectivity index (χ1v) is 8.56. The summed E-state index contributed by atoms with van der Waals surface area (Å²) in [6, 6.07) is 0.255.